The van der Waals surface area contributed by atoms with E-state index in [1.54, 1.807) is 33.8 Å². The molecule has 0 bridgehead atoms. The Hall–Kier alpha value is -3.91. The topological polar surface area (TPSA) is 206 Å². The molecule has 3 fully saturated rings. The van der Waals surface area contributed by atoms with Crippen LogP contribution < -0.4 is 5.73 Å². The minimum absolute atomic E-state index is 0.224. The molecule has 3 saturated carbocycles. The van der Waals surface area contributed by atoms with Crippen LogP contribution in [0.1, 0.15) is 86.0 Å². The molecular weight excluding hydrogens is 669 g/mol. The molecule has 13 nitrogen and oxygen atoms in total. The molecule has 2 unspecified atom stereocenters. The van der Waals surface area contributed by atoms with Gasteiger partial charge >= 0.3 is 18.1 Å². The van der Waals surface area contributed by atoms with Gasteiger partial charge in [-0.25, -0.2) is 9.18 Å². The molecule has 4 aliphatic rings. The molecule has 51 heavy (non-hydrogen) atoms. The summed E-state index contributed by atoms with van der Waals surface area (Å²) in [6, 6.07) is 0. The van der Waals surface area contributed by atoms with Crippen molar-refractivity contribution in [1.82, 2.24) is 0 Å². The maximum Gasteiger partial charge on any atom is 0.511 e. The molecule has 0 aliphatic heterocycles. The minimum atomic E-state index is -2.13. The number of primary amides is 1. The van der Waals surface area contributed by atoms with E-state index in [0.29, 0.717) is 31.3 Å². The quantitative estimate of drug-likeness (QED) is 0.102. The second-order valence-corrected chi connectivity index (χ2v) is 14.9. The number of rotatable bonds is 14. The second-order valence-electron chi connectivity index (χ2n) is 14.9. The zero-order valence-electron chi connectivity index (χ0n) is 29.9. The Kier molecular flexibility index (Phi) is 12.0. The van der Waals surface area contributed by atoms with Crippen LogP contribution in [0.2, 0.25) is 0 Å². The van der Waals surface area contributed by atoms with Gasteiger partial charge < -0.3 is 34.9 Å². The van der Waals surface area contributed by atoms with Gasteiger partial charge in [-0.3, -0.25) is 24.0 Å². The number of fused-ring (bicyclic) bond motifs is 5. The summed E-state index contributed by atoms with van der Waals surface area (Å²) in [4.78, 5) is 73.8. The number of nitrogens with two attached hydrogens (primary N) is 1. The number of Topliss-reactive ketones (excluding diaryl/α,β-unsaturated/α-hetero) is 1. The van der Waals surface area contributed by atoms with Crippen LogP contribution in [0, 0.1) is 34.5 Å². The Labute approximate surface area is 296 Å². The monoisotopic (exact) mass is 719 g/mol. The Morgan fingerprint density at radius 3 is 2.41 bits per heavy atom. The van der Waals surface area contributed by atoms with Gasteiger partial charge in [0.2, 0.25) is 18.5 Å². The fourth-order valence-electron chi connectivity index (χ4n) is 9.11. The highest BCUT2D eigenvalue weighted by Gasteiger charge is 2.75. The highest BCUT2D eigenvalue weighted by molar-refractivity contribution is 6.01. The van der Waals surface area contributed by atoms with Crippen molar-refractivity contribution in [3.63, 3.8) is 0 Å². The van der Waals surface area contributed by atoms with Gasteiger partial charge in [-0.05, 0) is 75.9 Å². The van der Waals surface area contributed by atoms with Gasteiger partial charge in [0.15, 0.2) is 18.1 Å². The van der Waals surface area contributed by atoms with E-state index < -0.39 is 108 Å². The first-order chi connectivity index (χ1) is 23.8. The number of hydrogen-bond acceptors (Lipinski definition) is 12. The number of esters is 2. The second kappa shape index (κ2) is 15.4. The smallest absolute Gasteiger partial charge is 0.458 e. The summed E-state index contributed by atoms with van der Waals surface area (Å²) < 4.78 is 37.2. The molecule has 10 atom stereocenters. The third-order valence-electron chi connectivity index (χ3n) is 12.0. The zero-order chi connectivity index (χ0) is 37.9. The minimum Gasteiger partial charge on any atom is -0.458 e. The molecule has 0 heterocycles. The number of ether oxygens (including phenoxy) is 4. The van der Waals surface area contributed by atoms with Gasteiger partial charge in [0, 0.05) is 16.7 Å². The number of hydrogen-bond donors (Lipinski definition) is 3. The van der Waals surface area contributed by atoms with E-state index >= 15 is 4.39 Å². The maximum absolute atomic E-state index is 17.3. The summed E-state index contributed by atoms with van der Waals surface area (Å²) in [7, 11) is 0. The number of carbonyl (C=O) groups is 6. The Morgan fingerprint density at radius 1 is 1.10 bits per heavy atom. The van der Waals surface area contributed by atoms with Gasteiger partial charge in [0.1, 0.15) is 11.7 Å². The predicted octanol–water partition coefficient (Wildman–Crippen LogP) is 3.73. The number of allylic oxidation sites excluding steroid dienone is 6. The molecule has 0 aromatic rings. The standard InChI is InChI=1S/C37H50FNO12/c1-6-7-8-21(2)27(17-30(39)43)51-33(46)50-20-49-32(45)12-11-31(44)48-19-29(42)37(47)22(3)15-26-25-10-9-23-16-24(40)13-14-34(23,4)36(25,38)28(41)18-35(26,37)5/h6-7,13-14,16,21-22,25-28,41,47H,8-12,15,17-20H2,1-5H3,(H2,39,43)/b7-6+/t21-,22+,25?,26?,27+,28+,34+,35+,36+,37+/m1/s1. The van der Waals surface area contributed by atoms with Gasteiger partial charge in [-0.1, -0.05) is 44.6 Å². The molecule has 0 radical (unpaired) electrons. The molecule has 282 valence electrons. The number of carbonyl (C=O) groups excluding carboxylic acids is 6. The summed E-state index contributed by atoms with van der Waals surface area (Å²) in [5.74, 6) is -5.63. The van der Waals surface area contributed by atoms with Gasteiger partial charge in [0.05, 0.1) is 25.4 Å². The molecule has 0 spiro atoms. The first kappa shape index (κ1) is 39.9. The van der Waals surface area contributed by atoms with Crippen molar-refractivity contribution in [2.24, 2.45) is 40.2 Å². The third kappa shape index (κ3) is 7.39. The Morgan fingerprint density at radius 2 is 1.76 bits per heavy atom. The van der Waals surface area contributed by atoms with Crippen LogP contribution in [0.15, 0.2) is 36.0 Å². The molecule has 0 aromatic carbocycles. The van der Waals surface area contributed by atoms with E-state index in [4.69, 9.17) is 24.7 Å². The number of halogens is 1. The van der Waals surface area contributed by atoms with Crippen LogP contribution in [0.3, 0.4) is 0 Å². The summed E-state index contributed by atoms with van der Waals surface area (Å²) in [5.41, 5.74) is -0.761. The van der Waals surface area contributed by atoms with Crippen molar-refractivity contribution in [2.75, 3.05) is 13.4 Å². The molecule has 0 saturated heterocycles. The summed E-state index contributed by atoms with van der Waals surface area (Å²) >= 11 is 0. The molecule has 4 rings (SSSR count). The lowest BCUT2D eigenvalue weighted by Gasteiger charge is -2.62. The van der Waals surface area contributed by atoms with Crippen molar-refractivity contribution < 1.29 is 62.3 Å². The largest absolute Gasteiger partial charge is 0.511 e. The van der Waals surface area contributed by atoms with Crippen molar-refractivity contribution in [3.8, 4) is 0 Å². The van der Waals surface area contributed by atoms with Crippen LogP contribution in [-0.2, 0) is 42.9 Å². The fraction of sp³-hybridized carbons (Fsp3) is 0.676. The average molecular weight is 720 g/mol. The summed E-state index contributed by atoms with van der Waals surface area (Å²) in [5, 5.41) is 23.5. The van der Waals surface area contributed by atoms with Gasteiger partial charge in [-0.15, -0.1) is 0 Å². The van der Waals surface area contributed by atoms with Crippen LogP contribution in [0.25, 0.3) is 0 Å². The molecule has 4 N–H and O–H groups in total. The normalized spacial score (nSPS) is 35.1. The van der Waals surface area contributed by atoms with Crippen LogP contribution in [0.4, 0.5) is 9.18 Å². The lowest BCUT2D eigenvalue weighted by atomic mass is 9.44. The predicted molar refractivity (Wildman–Crippen MR) is 178 cm³/mol. The molecule has 14 heteroatoms. The summed E-state index contributed by atoms with van der Waals surface area (Å²) in [6.07, 6.45) is 4.52. The van der Waals surface area contributed by atoms with E-state index in [-0.39, 0.29) is 24.5 Å². The average Bonchev–Trinajstić information content (AvgIpc) is 3.26. The number of aliphatic hydroxyl groups is 2. The van der Waals surface area contributed by atoms with Crippen LogP contribution >= 0.6 is 0 Å². The Bertz CT molecular complexity index is 1510. The lowest BCUT2D eigenvalue weighted by Crippen LogP contribution is -2.69. The van der Waals surface area contributed by atoms with Crippen LogP contribution in [0.5, 0.6) is 0 Å². The SMILES string of the molecule is C/C=C/C[C@@H](C)[C@H](CC(N)=O)OC(=O)OCOC(=O)CCC(=O)OCC(=O)[C@@]1(O)[C@@H](C)CC2C3CCC4=CC(=O)C=C[C@]4(C)[C@@]3(F)[C@@H](O)C[C@@]21C. The van der Waals surface area contributed by atoms with E-state index in [1.807, 2.05) is 13.0 Å². The van der Waals surface area contributed by atoms with Crippen molar-refractivity contribution in [3.05, 3.63) is 36.0 Å². The van der Waals surface area contributed by atoms with Crippen molar-refractivity contribution >= 4 is 35.6 Å². The molecule has 1 amide bonds. The van der Waals surface area contributed by atoms with Crippen LogP contribution in [-0.4, -0.2) is 82.7 Å². The highest BCUT2D eigenvalue weighted by Crippen LogP contribution is 2.70. The third-order valence-corrected chi connectivity index (χ3v) is 12.0. The number of ketones is 2. The summed E-state index contributed by atoms with van der Waals surface area (Å²) in [6.45, 7) is 7.00. The molecule has 0 aromatic heterocycles. The lowest BCUT2D eigenvalue weighted by molar-refractivity contribution is -0.220. The zero-order valence-corrected chi connectivity index (χ0v) is 29.9. The Balaban J connectivity index is 1.28. The van der Waals surface area contributed by atoms with Crippen molar-refractivity contribution in [1.29, 1.82) is 0 Å². The number of alkyl halides is 1. The van der Waals surface area contributed by atoms with Gasteiger partial charge in [0.25, 0.3) is 0 Å². The molecular formula is C37H50FNO12. The van der Waals surface area contributed by atoms with E-state index in [1.165, 1.54) is 18.2 Å². The first-order valence-electron chi connectivity index (χ1n) is 17.5. The van der Waals surface area contributed by atoms with Crippen molar-refractivity contribution in [2.45, 2.75) is 109 Å². The maximum atomic E-state index is 17.3. The van der Waals surface area contributed by atoms with E-state index in [0.717, 1.165) is 0 Å². The fourth-order valence-corrected chi connectivity index (χ4v) is 9.11. The number of aliphatic hydroxyl groups excluding tert-OH is 1. The van der Waals surface area contributed by atoms with Gasteiger partial charge in [-0.2, -0.15) is 0 Å². The number of amides is 1. The first-order valence-corrected chi connectivity index (χ1v) is 17.5. The van der Waals surface area contributed by atoms with E-state index in [2.05, 4.69) is 0 Å². The highest BCUT2D eigenvalue weighted by atomic mass is 19.1. The van der Waals surface area contributed by atoms with E-state index in [9.17, 15) is 39.0 Å². The molecule has 4 aliphatic carbocycles.